The predicted octanol–water partition coefficient (Wildman–Crippen LogP) is 1.20. The number of allylic oxidation sites excluding steroid dienone is 2. The number of hydrogen-bond donors (Lipinski definition) is 0. The Morgan fingerprint density at radius 1 is 1.62 bits per heavy atom. The van der Waals surface area contributed by atoms with Crippen molar-refractivity contribution in [1.29, 1.82) is 0 Å². The monoisotopic (exact) mass is 183 g/mol. The Balaban J connectivity index is 2.34. The summed E-state index contributed by atoms with van der Waals surface area (Å²) in [6.07, 6.45) is 4.47. The maximum Gasteiger partial charge on any atom is 0.198 e. The average molecular weight is 183 g/mol. The van der Waals surface area contributed by atoms with Crippen LogP contribution >= 0.6 is 0 Å². The standard InChI is InChI=1S/C10H17NO2/c1-11(2)7-6-9(12)10-5-3-4-8-13-10/h5H,3-4,6-8H2,1-2H3. The van der Waals surface area contributed by atoms with Gasteiger partial charge in [0.15, 0.2) is 11.5 Å². The van der Waals surface area contributed by atoms with E-state index in [1.165, 1.54) is 0 Å². The molecule has 1 aliphatic rings. The third kappa shape index (κ3) is 3.59. The van der Waals surface area contributed by atoms with E-state index < -0.39 is 0 Å². The molecule has 0 N–H and O–H groups in total. The van der Waals surface area contributed by atoms with Crippen molar-refractivity contribution < 1.29 is 9.53 Å². The van der Waals surface area contributed by atoms with Gasteiger partial charge in [0.1, 0.15) is 0 Å². The summed E-state index contributed by atoms with van der Waals surface area (Å²) in [6, 6.07) is 0. The minimum absolute atomic E-state index is 0.133. The van der Waals surface area contributed by atoms with Crippen LogP contribution in [-0.2, 0) is 9.53 Å². The van der Waals surface area contributed by atoms with Crippen LogP contribution in [0.4, 0.5) is 0 Å². The lowest BCUT2D eigenvalue weighted by Crippen LogP contribution is -2.19. The van der Waals surface area contributed by atoms with Crippen molar-refractivity contribution in [3.63, 3.8) is 0 Å². The number of carbonyl (C=O) groups excluding carboxylic acids is 1. The normalized spacial score (nSPS) is 16.7. The molecule has 0 spiro atoms. The second kappa shape index (κ2) is 5.02. The highest BCUT2D eigenvalue weighted by atomic mass is 16.5. The summed E-state index contributed by atoms with van der Waals surface area (Å²) >= 11 is 0. The van der Waals surface area contributed by atoms with E-state index in [1.807, 2.05) is 25.1 Å². The van der Waals surface area contributed by atoms with Crippen molar-refractivity contribution in [2.75, 3.05) is 27.2 Å². The molecule has 0 saturated heterocycles. The zero-order valence-electron chi connectivity index (χ0n) is 8.38. The summed E-state index contributed by atoms with van der Waals surface area (Å²) in [5.74, 6) is 0.710. The van der Waals surface area contributed by atoms with Crippen molar-refractivity contribution in [2.24, 2.45) is 0 Å². The summed E-state index contributed by atoms with van der Waals surface area (Å²) in [4.78, 5) is 13.5. The van der Waals surface area contributed by atoms with Crippen LogP contribution in [0, 0.1) is 0 Å². The molecule has 1 heterocycles. The molecule has 0 aromatic carbocycles. The van der Waals surface area contributed by atoms with Crippen LogP contribution in [0.3, 0.4) is 0 Å². The Morgan fingerprint density at radius 2 is 2.38 bits per heavy atom. The molecule has 3 nitrogen and oxygen atoms in total. The van der Waals surface area contributed by atoms with Crippen molar-refractivity contribution >= 4 is 5.78 Å². The first-order chi connectivity index (χ1) is 6.20. The van der Waals surface area contributed by atoms with Gasteiger partial charge in [0.25, 0.3) is 0 Å². The number of ether oxygens (including phenoxy) is 1. The maximum absolute atomic E-state index is 11.5. The van der Waals surface area contributed by atoms with E-state index in [-0.39, 0.29) is 5.78 Å². The van der Waals surface area contributed by atoms with Crippen LogP contribution in [0.1, 0.15) is 19.3 Å². The van der Waals surface area contributed by atoms with E-state index in [1.54, 1.807) is 0 Å². The van der Waals surface area contributed by atoms with Gasteiger partial charge in [0.2, 0.25) is 0 Å². The SMILES string of the molecule is CN(C)CCC(=O)C1=CCCCO1. The van der Waals surface area contributed by atoms with Gasteiger partial charge < -0.3 is 9.64 Å². The van der Waals surface area contributed by atoms with Gasteiger partial charge in [0.05, 0.1) is 6.61 Å². The van der Waals surface area contributed by atoms with Gasteiger partial charge >= 0.3 is 0 Å². The Kier molecular flexibility index (Phi) is 3.96. The smallest absolute Gasteiger partial charge is 0.198 e. The van der Waals surface area contributed by atoms with E-state index >= 15 is 0 Å². The number of rotatable bonds is 4. The highest BCUT2D eigenvalue weighted by molar-refractivity contribution is 5.93. The molecule has 0 bridgehead atoms. The molecule has 13 heavy (non-hydrogen) atoms. The summed E-state index contributed by atoms with van der Waals surface area (Å²) < 4.78 is 5.27. The van der Waals surface area contributed by atoms with E-state index in [0.717, 1.165) is 19.4 Å². The second-order valence-electron chi connectivity index (χ2n) is 3.54. The zero-order chi connectivity index (χ0) is 9.68. The molecular weight excluding hydrogens is 166 g/mol. The van der Waals surface area contributed by atoms with Gasteiger partial charge in [-0.25, -0.2) is 0 Å². The van der Waals surface area contributed by atoms with E-state index in [4.69, 9.17) is 4.74 Å². The third-order valence-corrected chi connectivity index (χ3v) is 2.00. The van der Waals surface area contributed by atoms with Crippen LogP contribution in [0.25, 0.3) is 0 Å². The first kappa shape index (κ1) is 10.3. The molecule has 3 heteroatoms. The highest BCUT2D eigenvalue weighted by Crippen LogP contribution is 2.12. The third-order valence-electron chi connectivity index (χ3n) is 2.00. The molecule has 0 aromatic heterocycles. The van der Waals surface area contributed by atoms with Gasteiger partial charge in [-0.05, 0) is 33.0 Å². The van der Waals surface area contributed by atoms with Gasteiger partial charge in [-0.3, -0.25) is 4.79 Å². The zero-order valence-corrected chi connectivity index (χ0v) is 8.38. The molecule has 0 fully saturated rings. The van der Waals surface area contributed by atoms with Crippen LogP contribution in [0.2, 0.25) is 0 Å². The van der Waals surface area contributed by atoms with Gasteiger partial charge in [0, 0.05) is 13.0 Å². The first-order valence-electron chi connectivity index (χ1n) is 4.71. The van der Waals surface area contributed by atoms with Crippen LogP contribution < -0.4 is 0 Å². The fourth-order valence-electron chi connectivity index (χ4n) is 1.20. The lowest BCUT2D eigenvalue weighted by molar-refractivity contribution is -0.119. The maximum atomic E-state index is 11.5. The molecule has 0 unspecified atom stereocenters. The molecular formula is C10H17NO2. The largest absolute Gasteiger partial charge is 0.490 e. The molecule has 0 radical (unpaired) electrons. The Bertz CT molecular complexity index is 209. The Hall–Kier alpha value is -0.830. The van der Waals surface area contributed by atoms with Crippen molar-refractivity contribution in [1.82, 2.24) is 4.90 Å². The van der Waals surface area contributed by atoms with Gasteiger partial charge in [-0.15, -0.1) is 0 Å². The number of ketones is 1. The minimum Gasteiger partial charge on any atom is -0.490 e. The fraction of sp³-hybridized carbons (Fsp3) is 0.700. The summed E-state index contributed by atoms with van der Waals surface area (Å²) in [6.45, 7) is 1.49. The summed E-state index contributed by atoms with van der Waals surface area (Å²) in [5, 5.41) is 0. The quantitative estimate of drug-likeness (QED) is 0.656. The van der Waals surface area contributed by atoms with Crippen molar-refractivity contribution in [3.8, 4) is 0 Å². The van der Waals surface area contributed by atoms with Gasteiger partial charge in [-0.1, -0.05) is 0 Å². The minimum atomic E-state index is 0.133. The fourth-order valence-corrected chi connectivity index (χ4v) is 1.20. The van der Waals surface area contributed by atoms with Gasteiger partial charge in [-0.2, -0.15) is 0 Å². The van der Waals surface area contributed by atoms with Crippen molar-refractivity contribution in [3.05, 3.63) is 11.8 Å². The molecule has 1 rings (SSSR count). The Labute approximate surface area is 79.4 Å². The molecule has 0 saturated carbocycles. The van der Waals surface area contributed by atoms with Crippen molar-refractivity contribution in [2.45, 2.75) is 19.3 Å². The average Bonchev–Trinajstić information content (AvgIpc) is 2.15. The molecule has 74 valence electrons. The van der Waals surface area contributed by atoms with Crippen LogP contribution in [0.15, 0.2) is 11.8 Å². The second-order valence-corrected chi connectivity index (χ2v) is 3.54. The topological polar surface area (TPSA) is 29.5 Å². The summed E-state index contributed by atoms with van der Waals surface area (Å²) in [7, 11) is 3.92. The lowest BCUT2D eigenvalue weighted by atomic mass is 10.1. The Morgan fingerprint density at radius 3 is 2.92 bits per heavy atom. The molecule has 0 atom stereocenters. The van der Waals surface area contributed by atoms with Crippen LogP contribution in [-0.4, -0.2) is 37.9 Å². The molecule has 0 amide bonds. The number of hydrogen-bond acceptors (Lipinski definition) is 3. The van der Waals surface area contributed by atoms with E-state index in [0.29, 0.717) is 18.8 Å². The molecule has 0 aromatic rings. The molecule has 0 aliphatic carbocycles. The van der Waals surface area contributed by atoms with E-state index in [9.17, 15) is 4.79 Å². The number of carbonyl (C=O) groups is 1. The molecule has 1 aliphatic heterocycles. The number of nitrogens with zero attached hydrogens (tertiary/aromatic N) is 1. The summed E-state index contributed by atoms with van der Waals surface area (Å²) in [5.41, 5.74) is 0. The first-order valence-corrected chi connectivity index (χ1v) is 4.71. The highest BCUT2D eigenvalue weighted by Gasteiger charge is 2.13. The lowest BCUT2D eigenvalue weighted by Gasteiger charge is -2.14. The predicted molar refractivity (Wildman–Crippen MR) is 51.4 cm³/mol. The van der Waals surface area contributed by atoms with E-state index in [2.05, 4.69) is 0 Å². The van der Waals surface area contributed by atoms with Crippen LogP contribution in [0.5, 0.6) is 0 Å². The number of Topliss-reactive ketones (excluding diaryl/α,β-unsaturated/α-hetero) is 1.